The molecule has 0 heterocycles. The maximum absolute atomic E-state index is 11.6. The Morgan fingerprint density at radius 2 is 1.89 bits per heavy atom. The number of benzene rings is 1. The summed E-state index contributed by atoms with van der Waals surface area (Å²) >= 11 is 0. The molecule has 1 aromatic rings. The predicted octanol–water partition coefficient (Wildman–Crippen LogP) is -1.47. The minimum Gasteiger partial charge on any atom is -0.399 e. The maximum atomic E-state index is 11.6. The van der Waals surface area contributed by atoms with Crippen LogP contribution in [0.25, 0.3) is 0 Å². The summed E-state index contributed by atoms with van der Waals surface area (Å²) in [5, 5.41) is 9.07. The Morgan fingerprint density at radius 3 is 2.39 bits per heavy atom. The van der Waals surface area contributed by atoms with E-state index in [1.165, 1.54) is 0 Å². The van der Waals surface area contributed by atoms with Crippen LogP contribution >= 0.6 is 0 Å². The van der Waals surface area contributed by atoms with Crippen LogP contribution in [-0.4, -0.2) is 32.1 Å². The molecule has 1 rings (SSSR count). The topological polar surface area (TPSA) is 136 Å². The monoisotopic (exact) mass is 273 g/mol. The second-order valence-electron chi connectivity index (χ2n) is 3.77. The Morgan fingerprint density at radius 1 is 1.33 bits per heavy atom. The third kappa shape index (κ3) is 4.70. The van der Waals surface area contributed by atoms with Gasteiger partial charge in [0.05, 0.1) is 5.75 Å². The fourth-order valence-corrected chi connectivity index (χ4v) is 2.34. The van der Waals surface area contributed by atoms with Crippen molar-refractivity contribution in [2.45, 2.75) is 11.9 Å². The van der Waals surface area contributed by atoms with Crippen molar-refractivity contribution < 1.29 is 18.3 Å². The molecular formula is C10H15N3O4S. The number of hydrogen-bond acceptors (Lipinski definition) is 5. The largest absolute Gasteiger partial charge is 0.399 e. The van der Waals surface area contributed by atoms with Gasteiger partial charge in [-0.15, -0.1) is 0 Å². The van der Waals surface area contributed by atoms with Crippen LogP contribution in [0.2, 0.25) is 0 Å². The molecule has 8 heteroatoms. The van der Waals surface area contributed by atoms with Crippen LogP contribution in [0, 0.1) is 0 Å². The smallest absolute Gasteiger partial charge is 0.247 e. The van der Waals surface area contributed by atoms with E-state index in [0.717, 1.165) is 0 Å². The molecule has 0 bridgehead atoms. The molecule has 0 saturated carbocycles. The van der Waals surface area contributed by atoms with Gasteiger partial charge in [0.1, 0.15) is 6.10 Å². The normalized spacial score (nSPS) is 13.2. The first-order chi connectivity index (χ1) is 8.30. The van der Waals surface area contributed by atoms with E-state index in [1.54, 1.807) is 24.3 Å². The number of rotatable bonds is 6. The molecule has 100 valence electrons. The first-order valence-corrected chi connectivity index (χ1v) is 6.74. The lowest BCUT2D eigenvalue weighted by Crippen LogP contribution is -2.40. The van der Waals surface area contributed by atoms with Crippen LogP contribution in [0.3, 0.4) is 0 Å². The fraction of sp³-hybridized carbons (Fsp3) is 0.300. The van der Waals surface area contributed by atoms with Crippen molar-refractivity contribution in [3.8, 4) is 0 Å². The van der Waals surface area contributed by atoms with Crippen molar-refractivity contribution in [2.75, 3.05) is 12.3 Å². The van der Waals surface area contributed by atoms with Gasteiger partial charge in [-0.25, -0.2) is 13.1 Å². The minimum absolute atomic E-state index is 0.265. The second-order valence-corrected chi connectivity index (χ2v) is 5.57. The van der Waals surface area contributed by atoms with Crippen molar-refractivity contribution in [1.82, 2.24) is 4.72 Å². The van der Waals surface area contributed by atoms with Crippen LogP contribution in [0.5, 0.6) is 0 Å². The Labute approximate surface area is 105 Å². The second kappa shape index (κ2) is 5.80. The number of amides is 1. The maximum Gasteiger partial charge on any atom is 0.247 e. The van der Waals surface area contributed by atoms with E-state index >= 15 is 0 Å². The number of aliphatic hydroxyl groups excluding tert-OH is 1. The number of carbonyl (C=O) groups excluding carboxylic acids is 1. The highest BCUT2D eigenvalue weighted by Gasteiger charge is 2.16. The summed E-state index contributed by atoms with van der Waals surface area (Å²) in [5.74, 6) is -1.25. The average molecular weight is 273 g/mol. The lowest BCUT2D eigenvalue weighted by molar-refractivity contribution is -0.125. The summed E-state index contributed by atoms with van der Waals surface area (Å²) in [6.45, 7) is -0.438. The van der Waals surface area contributed by atoms with E-state index in [-0.39, 0.29) is 5.75 Å². The number of carbonyl (C=O) groups is 1. The van der Waals surface area contributed by atoms with Gasteiger partial charge in [0.2, 0.25) is 15.9 Å². The van der Waals surface area contributed by atoms with Gasteiger partial charge in [-0.3, -0.25) is 4.79 Å². The van der Waals surface area contributed by atoms with Gasteiger partial charge >= 0.3 is 0 Å². The highest BCUT2D eigenvalue weighted by atomic mass is 32.2. The molecule has 0 aliphatic heterocycles. The molecule has 18 heavy (non-hydrogen) atoms. The van der Waals surface area contributed by atoms with Crippen molar-refractivity contribution in [2.24, 2.45) is 5.73 Å². The van der Waals surface area contributed by atoms with E-state index in [9.17, 15) is 13.2 Å². The summed E-state index contributed by atoms with van der Waals surface area (Å²) in [5.41, 5.74) is 11.4. The molecule has 0 spiro atoms. The molecule has 1 atom stereocenters. The average Bonchev–Trinajstić information content (AvgIpc) is 2.29. The van der Waals surface area contributed by atoms with E-state index in [0.29, 0.717) is 11.3 Å². The number of aliphatic hydroxyl groups is 1. The quantitative estimate of drug-likeness (QED) is 0.469. The molecule has 0 aliphatic carbocycles. The summed E-state index contributed by atoms with van der Waals surface area (Å²) in [4.78, 5) is 10.5. The standard InChI is InChI=1S/C10H15N3O4S/c11-8-3-1-7(2-4-8)6-18(16,17)13-5-9(14)10(12)15/h1-4,9,13-14H,5-6,11H2,(H2,12,15). The first kappa shape index (κ1) is 14.4. The zero-order valence-electron chi connectivity index (χ0n) is 9.54. The molecule has 7 nitrogen and oxygen atoms in total. The highest BCUT2D eigenvalue weighted by molar-refractivity contribution is 7.88. The lowest BCUT2D eigenvalue weighted by Gasteiger charge is -2.09. The number of sulfonamides is 1. The number of hydrogen-bond donors (Lipinski definition) is 4. The van der Waals surface area contributed by atoms with Crippen LogP contribution in [0.1, 0.15) is 5.56 Å². The molecule has 1 unspecified atom stereocenters. The van der Waals surface area contributed by atoms with Gasteiger partial charge < -0.3 is 16.6 Å². The summed E-state index contributed by atoms with van der Waals surface area (Å²) in [6.07, 6.45) is -1.54. The molecular weight excluding hydrogens is 258 g/mol. The zero-order chi connectivity index (χ0) is 13.8. The van der Waals surface area contributed by atoms with Gasteiger partial charge in [-0.1, -0.05) is 12.1 Å². The fourth-order valence-electron chi connectivity index (χ4n) is 1.19. The Hall–Kier alpha value is -1.64. The Kier molecular flexibility index (Phi) is 4.65. The summed E-state index contributed by atoms with van der Waals surface area (Å²) < 4.78 is 25.3. The number of primary amides is 1. The molecule has 1 aromatic carbocycles. The van der Waals surface area contributed by atoms with Crippen LogP contribution < -0.4 is 16.2 Å². The van der Waals surface area contributed by atoms with E-state index < -0.39 is 28.6 Å². The SMILES string of the molecule is NC(=O)C(O)CNS(=O)(=O)Cc1ccc(N)cc1. The molecule has 0 saturated heterocycles. The molecule has 6 N–H and O–H groups in total. The van der Waals surface area contributed by atoms with Gasteiger partial charge in [-0.2, -0.15) is 0 Å². The van der Waals surface area contributed by atoms with Gasteiger partial charge in [0.15, 0.2) is 0 Å². The molecule has 0 aliphatic rings. The van der Waals surface area contributed by atoms with Crippen LogP contribution in [0.15, 0.2) is 24.3 Å². The van der Waals surface area contributed by atoms with Gasteiger partial charge in [0, 0.05) is 12.2 Å². The first-order valence-electron chi connectivity index (χ1n) is 5.09. The molecule has 0 radical (unpaired) electrons. The summed E-state index contributed by atoms with van der Waals surface area (Å²) in [6, 6.07) is 6.34. The van der Waals surface area contributed by atoms with Crippen LogP contribution in [-0.2, 0) is 20.6 Å². The van der Waals surface area contributed by atoms with Crippen molar-refractivity contribution in [3.63, 3.8) is 0 Å². The van der Waals surface area contributed by atoms with Crippen molar-refractivity contribution in [3.05, 3.63) is 29.8 Å². The molecule has 1 amide bonds. The minimum atomic E-state index is -3.63. The van der Waals surface area contributed by atoms with Gasteiger partial charge in [-0.05, 0) is 17.7 Å². The zero-order valence-corrected chi connectivity index (χ0v) is 10.4. The van der Waals surface area contributed by atoms with E-state index in [1.807, 2.05) is 0 Å². The number of nitrogens with two attached hydrogens (primary N) is 2. The number of nitrogens with one attached hydrogen (secondary N) is 1. The molecule has 0 aromatic heterocycles. The third-order valence-corrected chi connectivity index (χ3v) is 3.48. The van der Waals surface area contributed by atoms with Gasteiger partial charge in [0.25, 0.3) is 0 Å². The molecule has 0 fully saturated rings. The number of nitrogen functional groups attached to an aromatic ring is 1. The highest BCUT2D eigenvalue weighted by Crippen LogP contribution is 2.08. The van der Waals surface area contributed by atoms with E-state index in [4.69, 9.17) is 16.6 Å². The van der Waals surface area contributed by atoms with Crippen LogP contribution in [0.4, 0.5) is 5.69 Å². The predicted molar refractivity (Wildman–Crippen MR) is 66.7 cm³/mol. The third-order valence-electron chi connectivity index (χ3n) is 2.16. The lowest BCUT2D eigenvalue weighted by atomic mass is 10.2. The Bertz CT molecular complexity index is 512. The van der Waals surface area contributed by atoms with E-state index in [2.05, 4.69) is 4.72 Å². The summed E-state index contributed by atoms with van der Waals surface area (Å²) in [7, 11) is -3.63. The van der Waals surface area contributed by atoms with Crippen molar-refractivity contribution in [1.29, 1.82) is 0 Å². The number of anilines is 1. The van der Waals surface area contributed by atoms with Crippen molar-refractivity contribution >= 4 is 21.6 Å². The Balaban J connectivity index is 2.60.